The molecule has 1 aliphatic heterocycles. The molecule has 21 heavy (non-hydrogen) atoms. The van der Waals surface area contributed by atoms with Crippen molar-refractivity contribution in [2.45, 2.75) is 51.7 Å². The molecule has 0 radical (unpaired) electrons. The lowest BCUT2D eigenvalue weighted by Gasteiger charge is -2.32. The van der Waals surface area contributed by atoms with E-state index in [4.69, 9.17) is 25.6 Å². The number of ether oxygens (including phenoxy) is 1. The predicted octanol–water partition coefficient (Wildman–Crippen LogP) is 2.82. The van der Waals surface area contributed by atoms with Crippen LogP contribution in [0.4, 0.5) is 0 Å². The third-order valence-electron chi connectivity index (χ3n) is 4.52. The van der Waals surface area contributed by atoms with Gasteiger partial charge < -0.3 is 14.0 Å². The Morgan fingerprint density at radius 2 is 1.90 bits per heavy atom. The molecule has 2 heterocycles. The Hall–Kier alpha value is -0.775. The first kappa shape index (κ1) is 15.1. The van der Waals surface area contributed by atoms with Crippen LogP contribution in [0.5, 0.6) is 5.75 Å². The molecule has 114 valence electrons. The minimum atomic E-state index is -0.442. The molecule has 1 aromatic rings. The van der Waals surface area contributed by atoms with Gasteiger partial charge in [-0.05, 0) is 52.5 Å². The van der Waals surface area contributed by atoms with Crippen LogP contribution in [-0.4, -0.2) is 29.9 Å². The molecule has 4 nitrogen and oxygen atoms in total. The fraction of sp³-hybridized carbons (Fsp3) is 0.667. The van der Waals surface area contributed by atoms with Crippen molar-refractivity contribution in [2.24, 2.45) is 5.92 Å². The van der Waals surface area contributed by atoms with E-state index in [1.165, 1.54) is 12.8 Å². The maximum absolute atomic E-state index is 6.10. The number of rotatable bonds is 4. The van der Waals surface area contributed by atoms with Crippen LogP contribution < -0.4 is 10.2 Å². The molecule has 0 bridgehead atoms. The molecule has 0 unspecified atom stereocenters. The van der Waals surface area contributed by atoms with Gasteiger partial charge >= 0.3 is 7.12 Å². The summed E-state index contributed by atoms with van der Waals surface area (Å²) >= 11 is 6.10. The van der Waals surface area contributed by atoms with E-state index in [2.05, 4.69) is 4.98 Å². The van der Waals surface area contributed by atoms with Crippen LogP contribution in [0.1, 0.15) is 40.5 Å². The first-order chi connectivity index (χ1) is 9.78. The Labute approximate surface area is 131 Å². The van der Waals surface area contributed by atoms with E-state index >= 15 is 0 Å². The second-order valence-corrected chi connectivity index (χ2v) is 7.26. The van der Waals surface area contributed by atoms with Crippen molar-refractivity contribution in [3.63, 3.8) is 0 Å². The molecule has 6 heteroatoms. The zero-order chi connectivity index (χ0) is 15.3. The van der Waals surface area contributed by atoms with Gasteiger partial charge in [0.2, 0.25) is 0 Å². The third-order valence-corrected chi connectivity index (χ3v) is 4.81. The first-order valence-electron chi connectivity index (χ1n) is 7.42. The summed E-state index contributed by atoms with van der Waals surface area (Å²) in [6.45, 7) is 8.82. The van der Waals surface area contributed by atoms with E-state index in [0.717, 1.165) is 5.46 Å². The standard InChI is InChI=1S/C15H21BClNO3/c1-14(2)15(3,4)21-16(20-14)11-7-12(13(17)18-8-11)19-9-10-5-6-10/h7-8,10H,5-6,9H2,1-4H3. The summed E-state index contributed by atoms with van der Waals surface area (Å²) < 4.78 is 17.8. The van der Waals surface area contributed by atoms with E-state index in [0.29, 0.717) is 23.4 Å². The summed E-state index contributed by atoms with van der Waals surface area (Å²) in [7, 11) is -0.442. The highest BCUT2D eigenvalue weighted by Gasteiger charge is 2.52. The highest BCUT2D eigenvalue weighted by molar-refractivity contribution is 6.62. The highest BCUT2D eigenvalue weighted by Crippen LogP contribution is 2.37. The molecule has 2 aliphatic rings. The average Bonchev–Trinajstić information content (AvgIpc) is 3.16. The Kier molecular flexibility index (Phi) is 3.71. The van der Waals surface area contributed by atoms with Gasteiger partial charge in [0, 0.05) is 11.7 Å². The molecule has 1 aromatic heterocycles. The largest absolute Gasteiger partial charge is 0.496 e. The van der Waals surface area contributed by atoms with Crippen LogP contribution in [0.15, 0.2) is 12.3 Å². The maximum Gasteiger partial charge on any atom is 0.496 e. The molecule has 0 atom stereocenters. The van der Waals surface area contributed by atoms with E-state index < -0.39 is 7.12 Å². The van der Waals surface area contributed by atoms with Crippen LogP contribution >= 0.6 is 11.6 Å². The number of halogens is 1. The molecule has 0 spiro atoms. The van der Waals surface area contributed by atoms with Crippen LogP contribution in [-0.2, 0) is 9.31 Å². The van der Waals surface area contributed by atoms with E-state index in [1.54, 1.807) is 6.20 Å². The van der Waals surface area contributed by atoms with Crippen LogP contribution in [0.25, 0.3) is 0 Å². The number of hydrogen-bond acceptors (Lipinski definition) is 4. The van der Waals surface area contributed by atoms with Crippen LogP contribution in [0.2, 0.25) is 5.15 Å². The van der Waals surface area contributed by atoms with Gasteiger partial charge in [0.05, 0.1) is 17.8 Å². The number of aromatic nitrogens is 1. The van der Waals surface area contributed by atoms with Gasteiger partial charge in [-0.25, -0.2) is 4.98 Å². The van der Waals surface area contributed by atoms with Crippen molar-refractivity contribution in [3.05, 3.63) is 17.4 Å². The summed E-state index contributed by atoms with van der Waals surface area (Å²) in [5, 5.41) is 0.385. The Morgan fingerprint density at radius 1 is 1.29 bits per heavy atom. The molecule has 2 fully saturated rings. The molecule has 0 amide bonds. The minimum absolute atomic E-state index is 0.369. The van der Waals surface area contributed by atoms with Crippen molar-refractivity contribution in [1.29, 1.82) is 0 Å². The van der Waals surface area contributed by atoms with Crippen molar-refractivity contribution in [2.75, 3.05) is 6.61 Å². The van der Waals surface area contributed by atoms with Gasteiger partial charge in [0.15, 0.2) is 10.9 Å². The average molecular weight is 310 g/mol. The van der Waals surface area contributed by atoms with Gasteiger partial charge in [-0.2, -0.15) is 0 Å². The van der Waals surface area contributed by atoms with Crippen molar-refractivity contribution in [3.8, 4) is 5.75 Å². The minimum Gasteiger partial charge on any atom is -0.490 e. The van der Waals surface area contributed by atoms with Gasteiger partial charge in [-0.3, -0.25) is 0 Å². The maximum atomic E-state index is 6.10. The molecular formula is C15H21BClNO3. The molecular weight excluding hydrogens is 288 g/mol. The first-order valence-corrected chi connectivity index (χ1v) is 7.80. The summed E-state index contributed by atoms with van der Waals surface area (Å²) in [6, 6.07) is 1.87. The van der Waals surface area contributed by atoms with Crippen molar-refractivity contribution in [1.82, 2.24) is 4.98 Å². The third kappa shape index (κ3) is 3.05. The quantitative estimate of drug-likeness (QED) is 0.633. The zero-order valence-electron chi connectivity index (χ0n) is 13.0. The molecule has 1 aliphatic carbocycles. The SMILES string of the molecule is CC1(C)OB(c2cnc(Cl)c(OCC3CC3)c2)OC1(C)C. The monoisotopic (exact) mass is 309 g/mol. The van der Waals surface area contributed by atoms with Gasteiger partial charge in [0.25, 0.3) is 0 Å². The van der Waals surface area contributed by atoms with Crippen molar-refractivity contribution >= 4 is 24.2 Å². The summed E-state index contributed by atoms with van der Waals surface area (Å²) in [6.07, 6.45) is 4.17. The highest BCUT2D eigenvalue weighted by atomic mass is 35.5. The second kappa shape index (κ2) is 5.15. The van der Waals surface area contributed by atoms with Gasteiger partial charge in [0.1, 0.15) is 0 Å². The fourth-order valence-corrected chi connectivity index (χ4v) is 2.30. The molecule has 1 saturated heterocycles. The summed E-state index contributed by atoms with van der Waals surface area (Å²) in [5.41, 5.74) is 0.0995. The Morgan fingerprint density at radius 3 is 2.48 bits per heavy atom. The lowest BCUT2D eigenvalue weighted by molar-refractivity contribution is 0.00578. The topological polar surface area (TPSA) is 40.6 Å². The zero-order valence-corrected chi connectivity index (χ0v) is 13.7. The van der Waals surface area contributed by atoms with E-state index in [9.17, 15) is 0 Å². The lowest BCUT2D eigenvalue weighted by atomic mass is 9.80. The van der Waals surface area contributed by atoms with Crippen LogP contribution in [0.3, 0.4) is 0 Å². The van der Waals surface area contributed by atoms with E-state index in [-0.39, 0.29) is 11.2 Å². The van der Waals surface area contributed by atoms with Crippen molar-refractivity contribution < 1.29 is 14.0 Å². The fourth-order valence-electron chi connectivity index (χ4n) is 2.14. The summed E-state index contributed by atoms with van der Waals surface area (Å²) in [4.78, 5) is 4.20. The molecule has 1 saturated carbocycles. The second-order valence-electron chi connectivity index (χ2n) is 6.90. The number of hydrogen-bond donors (Lipinski definition) is 0. The Balaban J connectivity index is 1.78. The van der Waals surface area contributed by atoms with Gasteiger partial charge in [-0.15, -0.1) is 0 Å². The summed E-state index contributed by atoms with van der Waals surface area (Å²) in [5.74, 6) is 1.28. The van der Waals surface area contributed by atoms with E-state index in [1.807, 2.05) is 33.8 Å². The lowest BCUT2D eigenvalue weighted by Crippen LogP contribution is -2.41. The molecule has 0 N–H and O–H groups in total. The Bertz CT molecular complexity index is 530. The normalized spacial score (nSPS) is 23.4. The predicted molar refractivity (Wildman–Crippen MR) is 83.2 cm³/mol. The number of pyridine rings is 1. The number of nitrogens with zero attached hydrogens (tertiary/aromatic N) is 1. The van der Waals surface area contributed by atoms with Gasteiger partial charge in [-0.1, -0.05) is 11.6 Å². The molecule has 0 aromatic carbocycles. The van der Waals surface area contributed by atoms with Crippen LogP contribution in [0, 0.1) is 5.92 Å². The smallest absolute Gasteiger partial charge is 0.490 e. The molecule has 3 rings (SSSR count).